The summed E-state index contributed by atoms with van der Waals surface area (Å²) in [5.74, 6) is -0.152. The third-order valence-electron chi connectivity index (χ3n) is 6.16. The molecule has 0 spiro atoms. The van der Waals surface area contributed by atoms with Crippen LogP contribution >= 0.6 is 0 Å². The van der Waals surface area contributed by atoms with Crippen LogP contribution in [0.4, 0.5) is 10.5 Å². The van der Waals surface area contributed by atoms with Crippen molar-refractivity contribution in [3.63, 3.8) is 0 Å². The molecule has 0 bridgehead atoms. The molecule has 35 heavy (non-hydrogen) atoms. The summed E-state index contributed by atoms with van der Waals surface area (Å²) in [5, 5.41) is 12.3. The monoisotopic (exact) mass is 465 g/mol. The number of carbonyl (C=O) groups excluding carboxylic acids is 1. The molecule has 2 aliphatic rings. The minimum absolute atomic E-state index is 0.0780. The van der Waals surface area contributed by atoms with Crippen molar-refractivity contribution in [1.82, 2.24) is 0 Å². The first kappa shape index (κ1) is 20.8. The van der Waals surface area contributed by atoms with Crippen LogP contribution < -0.4 is 14.8 Å². The molecule has 4 aromatic rings. The van der Waals surface area contributed by atoms with Crippen LogP contribution in [0.2, 0.25) is 0 Å². The molecule has 0 saturated heterocycles. The molecule has 1 amide bonds. The zero-order valence-corrected chi connectivity index (χ0v) is 18.4. The van der Waals surface area contributed by atoms with Gasteiger partial charge in [0, 0.05) is 17.7 Å². The fourth-order valence-corrected chi connectivity index (χ4v) is 4.61. The van der Waals surface area contributed by atoms with Gasteiger partial charge in [0.15, 0.2) is 23.0 Å². The molecule has 0 radical (unpaired) electrons. The summed E-state index contributed by atoms with van der Waals surface area (Å²) in [6, 6.07) is 25.9. The van der Waals surface area contributed by atoms with Crippen molar-refractivity contribution >= 4 is 17.7 Å². The molecule has 1 heterocycles. The van der Waals surface area contributed by atoms with Crippen LogP contribution in [-0.4, -0.2) is 23.8 Å². The number of anilines is 1. The first-order valence-corrected chi connectivity index (χ1v) is 11.1. The molecule has 7 heteroatoms. The lowest BCUT2D eigenvalue weighted by atomic mass is 9.98. The van der Waals surface area contributed by atoms with Crippen molar-refractivity contribution in [3.8, 4) is 34.1 Å². The first-order valence-electron chi connectivity index (χ1n) is 11.1. The average molecular weight is 465 g/mol. The van der Waals surface area contributed by atoms with E-state index in [4.69, 9.17) is 14.2 Å². The summed E-state index contributed by atoms with van der Waals surface area (Å²) in [7, 11) is 0. The number of hydrogen-bond acceptors (Lipinski definition) is 5. The fourth-order valence-electron chi connectivity index (χ4n) is 4.61. The van der Waals surface area contributed by atoms with Crippen LogP contribution in [0.25, 0.3) is 11.1 Å². The maximum absolute atomic E-state index is 12.7. The number of hydrogen-bond donors (Lipinski definition) is 2. The normalized spacial score (nSPS) is 12.8. The van der Waals surface area contributed by atoms with Gasteiger partial charge in [-0.1, -0.05) is 60.7 Å². The molecule has 6 rings (SSSR count). The molecular weight excluding hydrogens is 446 g/mol. The van der Waals surface area contributed by atoms with Gasteiger partial charge in [0.25, 0.3) is 0 Å². The summed E-state index contributed by atoms with van der Waals surface area (Å²) in [6.45, 7) is 0.142. The van der Waals surface area contributed by atoms with Crippen LogP contribution in [0.15, 0.2) is 84.9 Å². The first-order chi connectivity index (χ1) is 17.1. The average Bonchev–Trinajstić information content (AvgIpc) is 3.19. The Labute approximate surface area is 200 Å². The lowest BCUT2D eigenvalue weighted by molar-refractivity contribution is 0.0693. The Morgan fingerprint density at radius 1 is 0.800 bits per heavy atom. The van der Waals surface area contributed by atoms with Crippen LogP contribution in [-0.2, 0) is 4.74 Å². The smallest absolute Gasteiger partial charge is 0.411 e. The molecular formula is C28H19NO6. The molecule has 0 aromatic heterocycles. The topological polar surface area (TPSA) is 94.1 Å². The fraction of sp³-hybridized carbons (Fsp3) is 0.0714. The Morgan fingerprint density at radius 3 is 2.06 bits per heavy atom. The quantitative estimate of drug-likeness (QED) is 0.309. The second kappa shape index (κ2) is 8.22. The SMILES string of the molecule is O=C(Nc1cc2c(c(C(=O)O)c1)Oc1ccccc1O2)OCC1c2ccccc2-c2ccccc21. The highest BCUT2D eigenvalue weighted by Gasteiger charge is 2.30. The van der Waals surface area contributed by atoms with Gasteiger partial charge in [0.05, 0.1) is 0 Å². The Morgan fingerprint density at radius 2 is 1.40 bits per heavy atom. The van der Waals surface area contributed by atoms with E-state index >= 15 is 0 Å². The van der Waals surface area contributed by atoms with Gasteiger partial charge in [-0.15, -0.1) is 0 Å². The zero-order chi connectivity index (χ0) is 23.9. The van der Waals surface area contributed by atoms with Crippen molar-refractivity contribution in [2.45, 2.75) is 5.92 Å². The maximum Gasteiger partial charge on any atom is 0.411 e. The van der Waals surface area contributed by atoms with Crippen molar-refractivity contribution < 1.29 is 28.9 Å². The molecule has 4 aromatic carbocycles. The highest BCUT2D eigenvalue weighted by molar-refractivity contribution is 5.96. The Hall–Kier alpha value is -4.78. The number of carbonyl (C=O) groups is 2. The van der Waals surface area contributed by atoms with E-state index in [9.17, 15) is 14.7 Å². The van der Waals surface area contributed by atoms with E-state index in [0.29, 0.717) is 11.5 Å². The molecule has 0 atom stereocenters. The highest BCUT2D eigenvalue weighted by Crippen LogP contribution is 2.48. The third kappa shape index (κ3) is 3.63. The standard InChI is InChI=1S/C28H19NO6/c30-27(31)21-13-16(14-25-26(21)35-24-12-6-5-11-23(24)34-25)29-28(32)33-15-22-19-9-3-1-7-17(19)18-8-2-4-10-20(18)22/h1-14,22H,15H2,(H,29,32)(H,30,31). The summed E-state index contributed by atoms with van der Waals surface area (Å²) in [5.41, 5.74) is 4.57. The molecule has 7 nitrogen and oxygen atoms in total. The minimum Gasteiger partial charge on any atom is -0.478 e. The van der Waals surface area contributed by atoms with Crippen LogP contribution in [0.3, 0.4) is 0 Å². The Bertz CT molecular complexity index is 1450. The predicted octanol–water partition coefficient (Wildman–Crippen LogP) is 6.64. The van der Waals surface area contributed by atoms with Crippen LogP contribution in [0, 0.1) is 0 Å². The van der Waals surface area contributed by atoms with E-state index in [2.05, 4.69) is 17.4 Å². The number of para-hydroxylation sites is 2. The molecule has 172 valence electrons. The van der Waals surface area contributed by atoms with Gasteiger partial charge in [0.1, 0.15) is 12.2 Å². The van der Waals surface area contributed by atoms with Gasteiger partial charge in [-0.2, -0.15) is 0 Å². The lowest BCUT2D eigenvalue weighted by Gasteiger charge is -2.22. The van der Waals surface area contributed by atoms with E-state index in [1.807, 2.05) is 36.4 Å². The Balaban J connectivity index is 1.22. The summed E-state index contributed by atoms with van der Waals surface area (Å²) in [6.07, 6.45) is -0.694. The number of aromatic carboxylic acids is 1. The molecule has 2 N–H and O–H groups in total. The van der Waals surface area contributed by atoms with Gasteiger partial charge < -0.3 is 19.3 Å². The number of carboxylic acids is 1. The van der Waals surface area contributed by atoms with E-state index < -0.39 is 12.1 Å². The third-order valence-corrected chi connectivity index (χ3v) is 6.16. The van der Waals surface area contributed by atoms with E-state index in [0.717, 1.165) is 22.3 Å². The largest absolute Gasteiger partial charge is 0.478 e. The maximum atomic E-state index is 12.7. The van der Waals surface area contributed by atoms with E-state index in [1.54, 1.807) is 24.3 Å². The molecule has 1 aliphatic heterocycles. The van der Waals surface area contributed by atoms with E-state index in [-0.39, 0.29) is 35.3 Å². The van der Waals surface area contributed by atoms with Crippen molar-refractivity contribution in [2.75, 3.05) is 11.9 Å². The van der Waals surface area contributed by atoms with Gasteiger partial charge >= 0.3 is 12.1 Å². The number of ether oxygens (including phenoxy) is 3. The summed E-state index contributed by atoms with van der Waals surface area (Å²) < 4.78 is 17.2. The number of fused-ring (bicyclic) bond motifs is 5. The number of nitrogens with one attached hydrogen (secondary N) is 1. The summed E-state index contributed by atoms with van der Waals surface area (Å²) >= 11 is 0. The number of carboxylic acid groups (broad SMARTS) is 1. The van der Waals surface area contributed by atoms with E-state index in [1.165, 1.54) is 12.1 Å². The van der Waals surface area contributed by atoms with Gasteiger partial charge in [-0.25, -0.2) is 9.59 Å². The van der Waals surface area contributed by atoms with Gasteiger partial charge in [0.2, 0.25) is 0 Å². The zero-order valence-electron chi connectivity index (χ0n) is 18.4. The second-order valence-corrected chi connectivity index (χ2v) is 8.26. The van der Waals surface area contributed by atoms with Gasteiger partial charge in [-0.05, 0) is 40.5 Å². The second-order valence-electron chi connectivity index (χ2n) is 8.26. The minimum atomic E-state index is -1.21. The molecule has 1 aliphatic carbocycles. The van der Waals surface area contributed by atoms with Crippen molar-refractivity contribution in [3.05, 3.63) is 102 Å². The number of rotatable bonds is 4. The Kier molecular flexibility index (Phi) is 4.88. The molecule has 0 unspecified atom stereocenters. The van der Waals surface area contributed by atoms with Crippen molar-refractivity contribution in [1.29, 1.82) is 0 Å². The lowest BCUT2D eigenvalue weighted by Crippen LogP contribution is -2.18. The summed E-state index contributed by atoms with van der Waals surface area (Å²) in [4.78, 5) is 24.6. The number of benzene rings is 4. The molecule has 0 saturated carbocycles. The highest BCUT2D eigenvalue weighted by atomic mass is 16.6. The van der Waals surface area contributed by atoms with Crippen LogP contribution in [0.5, 0.6) is 23.0 Å². The van der Waals surface area contributed by atoms with Crippen molar-refractivity contribution in [2.24, 2.45) is 0 Å². The van der Waals surface area contributed by atoms with Crippen LogP contribution in [0.1, 0.15) is 27.4 Å². The predicted molar refractivity (Wildman–Crippen MR) is 129 cm³/mol. The molecule has 0 fully saturated rings. The number of amides is 1. The van der Waals surface area contributed by atoms with Gasteiger partial charge in [-0.3, -0.25) is 5.32 Å².